The summed E-state index contributed by atoms with van der Waals surface area (Å²) in [4.78, 5) is 16.0. The maximum atomic E-state index is 12.1. The molecule has 1 aromatic carbocycles. The molecule has 0 saturated carbocycles. The van der Waals surface area contributed by atoms with Gasteiger partial charge in [0.05, 0.1) is 10.5 Å². The molecule has 0 spiro atoms. The van der Waals surface area contributed by atoms with Crippen molar-refractivity contribution in [2.24, 2.45) is 11.0 Å². The van der Waals surface area contributed by atoms with Gasteiger partial charge < -0.3 is 10.7 Å². The normalized spacial score (nSPS) is 11.0. The molecule has 0 bridgehead atoms. The Kier molecular flexibility index (Phi) is 4.17. The van der Waals surface area contributed by atoms with Crippen molar-refractivity contribution in [3.8, 4) is 0 Å². The van der Waals surface area contributed by atoms with Crippen molar-refractivity contribution in [2.45, 2.75) is 4.90 Å². The zero-order valence-corrected chi connectivity index (χ0v) is 11.6. The van der Waals surface area contributed by atoms with E-state index in [2.05, 4.69) is 15.7 Å². The average Bonchev–Trinajstić information content (AvgIpc) is 2.46. The largest absolute Gasteiger partial charge is 0.322 e. The summed E-state index contributed by atoms with van der Waals surface area (Å²) in [7, 11) is -3.76. The van der Waals surface area contributed by atoms with Crippen LogP contribution in [0.4, 0.5) is 11.5 Å². The minimum absolute atomic E-state index is 0.0359. The number of hydrogen-bond acceptors (Lipinski definition) is 6. The summed E-state index contributed by atoms with van der Waals surface area (Å²) in [6.45, 7) is 0. The Morgan fingerprint density at radius 1 is 1.14 bits per heavy atom. The van der Waals surface area contributed by atoms with Crippen LogP contribution in [0.15, 0.2) is 47.5 Å². The van der Waals surface area contributed by atoms with Crippen LogP contribution in [0.5, 0.6) is 0 Å². The molecule has 1 heterocycles. The number of rotatable bonds is 4. The number of primary sulfonamides is 1. The lowest BCUT2D eigenvalue weighted by atomic mass is 10.2. The number of hydrogen-bond donors (Lipinski definition) is 4. The van der Waals surface area contributed by atoms with Crippen LogP contribution in [0.25, 0.3) is 0 Å². The lowest BCUT2D eigenvalue weighted by molar-refractivity contribution is 0.102. The highest BCUT2D eigenvalue weighted by Gasteiger charge is 2.12. The van der Waals surface area contributed by atoms with Gasteiger partial charge in [-0.25, -0.2) is 24.4 Å². The molecule has 0 radical (unpaired) electrons. The number of nitrogen functional groups attached to an aromatic ring is 1. The first-order chi connectivity index (χ1) is 9.91. The first-order valence-electron chi connectivity index (χ1n) is 5.77. The second-order valence-corrected chi connectivity index (χ2v) is 5.63. The van der Waals surface area contributed by atoms with Crippen molar-refractivity contribution in [1.82, 2.24) is 4.98 Å². The molecular formula is C12H13N5O3S. The van der Waals surface area contributed by atoms with Gasteiger partial charge in [0.1, 0.15) is 0 Å². The summed E-state index contributed by atoms with van der Waals surface area (Å²) in [5, 5.41) is 7.59. The van der Waals surface area contributed by atoms with E-state index in [9.17, 15) is 13.2 Å². The van der Waals surface area contributed by atoms with Gasteiger partial charge in [-0.2, -0.15) is 0 Å². The molecular weight excluding hydrogens is 294 g/mol. The Balaban J connectivity index is 2.20. The highest BCUT2D eigenvalue weighted by Crippen LogP contribution is 2.16. The highest BCUT2D eigenvalue weighted by molar-refractivity contribution is 7.89. The average molecular weight is 307 g/mol. The Bertz CT molecular complexity index is 759. The van der Waals surface area contributed by atoms with E-state index in [1.165, 1.54) is 30.5 Å². The maximum absolute atomic E-state index is 12.1. The summed E-state index contributed by atoms with van der Waals surface area (Å²) in [5.74, 6) is 5.08. The second-order valence-electron chi connectivity index (χ2n) is 4.07. The number of anilines is 2. The SMILES string of the molecule is NNc1ncccc1C(=O)Nc1ccc(S(N)(=O)=O)cc1. The van der Waals surface area contributed by atoms with E-state index in [4.69, 9.17) is 11.0 Å². The first-order valence-corrected chi connectivity index (χ1v) is 7.32. The van der Waals surface area contributed by atoms with Crippen molar-refractivity contribution in [1.29, 1.82) is 0 Å². The first kappa shape index (κ1) is 14.9. The maximum Gasteiger partial charge on any atom is 0.259 e. The van der Waals surface area contributed by atoms with Crippen LogP contribution in [0, 0.1) is 0 Å². The molecule has 6 N–H and O–H groups in total. The molecule has 1 amide bonds. The van der Waals surface area contributed by atoms with Gasteiger partial charge >= 0.3 is 0 Å². The van der Waals surface area contributed by atoms with Crippen LogP contribution < -0.4 is 21.7 Å². The Morgan fingerprint density at radius 3 is 2.38 bits per heavy atom. The Labute approximate surface area is 121 Å². The zero-order valence-electron chi connectivity index (χ0n) is 10.8. The monoisotopic (exact) mass is 307 g/mol. The number of nitrogens with two attached hydrogens (primary N) is 2. The van der Waals surface area contributed by atoms with Crippen molar-refractivity contribution in [2.75, 3.05) is 10.7 Å². The number of hydrazine groups is 1. The molecule has 0 aliphatic carbocycles. The number of nitrogens with one attached hydrogen (secondary N) is 2. The standard InChI is InChI=1S/C12H13N5O3S/c13-17-11-10(2-1-7-15-11)12(18)16-8-3-5-9(6-4-8)21(14,19)20/h1-7H,13H2,(H,15,17)(H,16,18)(H2,14,19,20). The van der Waals surface area contributed by atoms with Gasteiger partial charge in [-0.3, -0.25) is 4.79 Å². The molecule has 2 aromatic rings. The van der Waals surface area contributed by atoms with Crippen molar-refractivity contribution < 1.29 is 13.2 Å². The summed E-state index contributed by atoms with van der Waals surface area (Å²) in [6, 6.07) is 8.62. The lowest BCUT2D eigenvalue weighted by Crippen LogP contribution is -2.18. The molecule has 1 aromatic heterocycles. The number of pyridine rings is 1. The predicted octanol–water partition coefficient (Wildman–Crippen LogP) is 0.267. The van der Waals surface area contributed by atoms with Crippen LogP contribution in [-0.4, -0.2) is 19.3 Å². The number of amides is 1. The van der Waals surface area contributed by atoms with Crippen LogP contribution in [-0.2, 0) is 10.0 Å². The number of aromatic nitrogens is 1. The summed E-state index contributed by atoms with van der Waals surface area (Å²) >= 11 is 0. The Morgan fingerprint density at radius 2 is 1.81 bits per heavy atom. The topological polar surface area (TPSA) is 140 Å². The van der Waals surface area contributed by atoms with Gasteiger partial charge in [0.2, 0.25) is 10.0 Å². The van der Waals surface area contributed by atoms with E-state index in [0.29, 0.717) is 5.69 Å². The van der Waals surface area contributed by atoms with Crippen molar-refractivity contribution in [3.05, 3.63) is 48.2 Å². The van der Waals surface area contributed by atoms with E-state index in [1.807, 2.05) is 0 Å². The lowest BCUT2D eigenvalue weighted by Gasteiger charge is -2.09. The molecule has 0 saturated heterocycles. The molecule has 0 aliphatic rings. The van der Waals surface area contributed by atoms with Crippen LogP contribution in [0.2, 0.25) is 0 Å². The smallest absolute Gasteiger partial charge is 0.259 e. The molecule has 0 fully saturated rings. The quantitative estimate of drug-likeness (QED) is 0.472. The third kappa shape index (κ3) is 3.54. The zero-order chi connectivity index (χ0) is 15.5. The van der Waals surface area contributed by atoms with Crippen LogP contribution >= 0.6 is 0 Å². The fraction of sp³-hybridized carbons (Fsp3) is 0. The van der Waals surface area contributed by atoms with Crippen LogP contribution in [0.3, 0.4) is 0 Å². The van der Waals surface area contributed by atoms with E-state index in [0.717, 1.165) is 0 Å². The Hall–Kier alpha value is -2.49. The van der Waals surface area contributed by atoms with E-state index < -0.39 is 15.9 Å². The van der Waals surface area contributed by atoms with E-state index in [-0.39, 0.29) is 16.3 Å². The van der Waals surface area contributed by atoms with Gasteiger partial charge in [0, 0.05) is 11.9 Å². The number of carbonyl (C=O) groups is 1. The molecule has 2 rings (SSSR count). The summed E-state index contributed by atoms with van der Waals surface area (Å²) in [6.07, 6.45) is 1.49. The summed E-state index contributed by atoms with van der Waals surface area (Å²) in [5.41, 5.74) is 3.00. The fourth-order valence-electron chi connectivity index (χ4n) is 1.63. The fourth-order valence-corrected chi connectivity index (χ4v) is 2.15. The molecule has 0 atom stereocenters. The molecule has 8 nitrogen and oxygen atoms in total. The van der Waals surface area contributed by atoms with Gasteiger partial charge in [-0.1, -0.05) is 0 Å². The number of nitrogens with zero attached hydrogens (tertiary/aromatic N) is 1. The van der Waals surface area contributed by atoms with Gasteiger partial charge in [-0.15, -0.1) is 0 Å². The predicted molar refractivity (Wildman–Crippen MR) is 77.8 cm³/mol. The van der Waals surface area contributed by atoms with E-state index in [1.54, 1.807) is 12.1 Å². The number of sulfonamides is 1. The molecule has 9 heteroatoms. The molecule has 0 unspecified atom stereocenters. The minimum Gasteiger partial charge on any atom is -0.322 e. The highest BCUT2D eigenvalue weighted by atomic mass is 32.2. The minimum atomic E-state index is -3.76. The molecule has 0 aliphatic heterocycles. The third-order valence-electron chi connectivity index (χ3n) is 2.63. The number of benzene rings is 1. The van der Waals surface area contributed by atoms with Gasteiger partial charge in [-0.05, 0) is 36.4 Å². The second kappa shape index (κ2) is 5.87. The van der Waals surface area contributed by atoms with Crippen molar-refractivity contribution >= 4 is 27.4 Å². The van der Waals surface area contributed by atoms with Gasteiger partial charge in [0.15, 0.2) is 5.82 Å². The third-order valence-corrected chi connectivity index (χ3v) is 3.56. The van der Waals surface area contributed by atoms with E-state index >= 15 is 0 Å². The molecule has 21 heavy (non-hydrogen) atoms. The molecule has 110 valence electrons. The van der Waals surface area contributed by atoms with Gasteiger partial charge in [0.25, 0.3) is 5.91 Å². The van der Waals surface area contributed by atoms with Crippen LogP contribution in [0.1, 0.15) is 10.4 Å². The summed E-state index contributed by atoms with van der Waals surface area (Å²) < 4.78 is 22.3. The van der Waals surface area contributed by atoms with Crippen molar-refractivity contribution in [3.63, 3.8) is 0 Å². The number of carbonyl (C=O) groups excluding carboxylic acids is 1.